The summed E-state index contributed by atoms with van der Waals surface area (Å²) in [6.45, 7) is 0. The molecule has 2 bridgehead atoms. The number of aromatic hydroxyl groups is 1. The molecular formula is C24H15Cl2NO3. The third-order valence-corrected chi connectivity index (χ3v) is 7.96. The Balaban J connectivity index is 1.67. The SMILES string of the molecule is O=C1[C@@H]2[C@H](C(=O)N1c1cccc(O)c1)C1(Cl)c3ccccc3C2(Cl)c2ccccc21. The van der Waals surface area contributed by atoms with Crippen LogP contribution in [0.5, 0.6) is 5.75 Å². The topological polar surface area (TPSA) is 57.6 Å². The van der Waals surface area contributed by atoms with Gasteiger partial charge in [0.15, 0.2) is 0 Å². The van der Waals surface area contributed by atoms with E-state index in [1.165, 1.54) is 12.1 Å². The van der Waals surface area contributed by atoms with E-state index in [0.29, 0.717) is 5.69 Å². The molecule has 6 heteroatoms. The van der Waals surface area contributed by atoms with Gasteiger partial charge in [-0.1, -0.05) is 54.6 Å². The number of carbonyl (C=O) groups is 2. The standard InChI is InChI=1S/C24H15Cl2NO3/c25-23-15-8-1-2-9-16(15)24(26,18-11-4-3-10-17(18)23)20-19(23)21(29)27(22(20)30)13-6-5-7-14(28)12-13/h1-12,19-20,28H/t19-,20+,23?,24?. The van der Waals surface area contributed by atoms with Crippen LogP contribution < -0.4 is 4.90 Å². The molecule has 0 saturated carbocycles. The highest BCUT2D eigenvalue weighted by molar-refractivity contribution is 6.38. The number of anilines is 1. The lowest BCUT2D eigenvalue weighted by molar-refractivity contribution is -0.122. The van der Waals surface area contributed by atoms with E-state index in [-0.39, 0.29) is 5.75 Å². The fourth-order valence-corrected chi connectivity index (χ4v) is 6.65. The zero-order chi connectivity index (χ0) is 20.8. The molecule has 1 aliphatic heterocycles. The van der Waals surface area contributed by atoms with E-state index in [1.54, 1.807) is 12.1 Å². The molecule has 4 nitrogen and oxygen atoms in total. The molecule has 2 amide bonds. The van der Waals surface area contributed by atoms with Gasteiger partial charge < -0.3 is 5.11 Å². The van der Waals surface area contributed by atoms with Gasteiger partial charge >= 0.3 is 0 Å². The van der Waals surface area contributed by atoms with Gasteiger partial charge in [0.2, 0.25) is 11.8 Å². The van der Waals surface area contributed by atoms with Crippen molar-refractivity contribution in [2.75, 3.05) is 4.90 Å². The van der Waals surface area contributed by atoms with Crippen molar-refractivity contribution in [2.24, 2.45) is 11.8 Å². The third kappa shape index (κ3) is 1.85. The summed E-state index contributed by atoms with van der Waals surface area (Å²) < 4.78 is 0. The average Bonchev–Trinajstić information content (AvgIpc) is 3.03. The second-order valence-electron chi connectivity index (χ2n) is 8.00. The lowest BCUT2D eigenvalue weighted by atomic mass is 9.54. The summed E-state index contributed by atoms with van der Waals surface area (Å²) in [7, 11) is 0. The number of hydrogen-bond acceptors (Lipinski definition) is 3. The van der Waals surface area contributed by atoms with Crippen molar-refractivity contribution in [1.82, 2.24) is 0 Å². The summed E-state index contributed by atoms with van der Waals surface area (Å²) in [5.74, 6) is -2.54. The van der Waals surface area contributed by atoms with Crippen molar-refractivity contribution in [3.63, 3.8) is 0 Å². The third-order valence-electron chi connectivity index (χ3n) is 6.67. The zero-order valence-electron chi connectivity index (χ0n) is 15.5. The van der Waals surface area contributed by atoms with Crippen LogP contribution in [0, 0.1) is 11.8 Å². The predicted molar refractivity (Wildman–Crippen MR) is 114 cm³/mol. The minimum absolute atomic E-state index is 0.0290. The highest BCUT2D eigenvalue weighted by atomic mass is 35.5. The Morgan fingerprint density at radius 2 is 1.13 bits per heavy atom. The Hall–Kier alpha value is -2.82. The minimum Gasteiger partial charge on any atom is -0.508 e. The van der Waals surface area contributed by atoms with Crippen LogP contribution >= 0.6 is 23.2 Å². The van der Waals surface area contributed by atoms with E-state index in [9.17, 15) is 14.7 Å². The van der Waals surface area contributed by atoms with Gasteiger partial charge in [-0.3, -0.25) is 9.59 Å². The van der Waals surface area contributed by atoms with Crippen LogP contribution in [-0.2, 0) is 19.3 Å². The van der Waals surface area contributed by atoms with E-state index in [1.807, 2.05) is 48.5 Å². The van der Waals surface area contributed by atoms with Gasteiger partial charge in [-0.15, -0.1) is 23.2 Å². The Kier molecular flexibility index (Phi) is 3.39. The molecular weight excluding hydrogens is 421 g/mol. The summed E-state index contributed by atoms with van der Waals surface area (Å²) in [4.78, 5) is 26.1. The number of amides is 2. The number of alkyl halides is 2. The maximum absolute atomic E-state index is 13.7. The Morgan fingerprint density at radius 3 is 1.53 bits per heavy atom. The summed E-state index contributed by atoms with van der Waals surface area (Å²) in [5, 5.41) is 9.90. The second kappa shape index (κ2) is 5.65. The van der Waals surface area contributed by atoms with Crippen LogP contribution in [0.3, 0.4) is 0 Å². The number of hydrogen-bond donors (Lipinski definition) is 1. The first-order valence-electron chi connectivity index (χ1n) is 9.64. The number of phenols is 1. The molecule has 0 unspecified atom stereocenters. The van der Waals surface area contributed by atoms with Crippen LogP contribution in [0.25, 0.3) is 0 Å². The van der Waals surface area contributed by atoms with E-state index >= 15 is 0 Å². The Labute approximate surface area is 182 Å². The molecule has 1 fully saturated rings. The highest BCUT2D eigenvalue weighted by Gasteiger charge is 2.73. The fourth-order valence-electron chi connectivity index (χ4n) is 5.55. The molecule has 30 heavy (non-hydrogen) atoms. The van der Waals surface area contributed by atoms with Crippen molar-refractivity contribution in [3.8, 4) is 5.75 Å². The van der Waals surface area contributed by atoms with E-state index < -0.39 is 33.4 Å². The largest absolute Gasteiger partial charge is 0.508 e. The van der Waals surface area contributed by atoms with E-state index in [2.05, 4.69) is 0 Å². The van der Waals surface area contributed by atoms with Gasteiger partial charge in [-0.2, -0.15) is 0 Å². The Bertz CT molecular complexity index is 1150. The van der Waals surface area contributed by atoms with Gasteiger partial charge in [0.1, 0.15) is 15.5 Å². The molecule has 1 saturated heterocycles. The van der Waals surface area contributed by atoms with Crippen LogP contribution in [0.15, 0.2) is 72.8 Å². The summed E-state index contributed by atoms with van der Waals surface area (Å²) in [5.41, 5.74) is 3.37. The summed E-state index contributed by atoms with van der Waals surface area (Å²) in [6.07, 6.45) is 0. The van der Waals surface area contributed by atoms with Crippen molar-refractivity contribution in [1.29, 1.82) is 0 Å². The van der Waals surface area contributed by atoms with E-state index in [0.717, 1.165) is 27.2 Å². The number of carbonyl (C=O) groups excluding carboxylic acids is 2. The molecule has 1 N–H and O–H groups in total. The molecule has 4 aliphatic rings. The molecule has 3 aromatic rings. The summed E-state index contributed by atoms with van der Waals surface area (Å²) in [6, 6.07) is 21.1. The first-order valence-corrected chi connectivity index (χ1v) is 10.4. The molecule has 3 aromatic carbocycles. The van der Waals surface area contributed by atoms with Gasteiger partial charge in [0, 0.05) is 6.07 Å². The maximum Gasteiger partial charge on any atom is 0.240 e. The molecule has 0 spiro atoms. The van der Waals surface area contributed by atoms with Crippen LogP contribution in [0.1, 0.15) is 22.3 Å². The Morgan fingerprint density at radius 1 is 0.700 bits per heavy atom. The van der Waals surface area contributed by atoms with Gasteiger partial charge in [0.25, 0.3) is 0 Å². The van der Waals surface area contributed by atoms with Gasteiger partial charge in [0.05, 0.1) is 17.5 Å². The molecule has 0 aromatic heterocycles. The smallest absolute Gasteiger partial charge is 0.240 e. The van der Waals surface area contributed by atoms with Crippen molar-refractivity contribution < 1.29 is 14.7 Å². The molecule has 7 rings (SSSR count). The number of imide groups is 1. The van der Waals surface area contributed by atoms with Crippen LogP contribution in [0.4, 0.5) is 5.69 Å². The predicted octanol–water partition coefficient (Wildman–Crippen LogP) is 4.49. The first kappa shape index (κ1) is 18.0. The molecule has 1 heterocycles. The van der Waals surface area contributed by atoms with Crippen molar-refractivity contribution >= 4 is 40.7 Å². The minimum atomic E-state index is -1.20. The number of nitrogens with zero attached hydrogens (tertiary/aromatic N) is 1. The van der Waals surface area contributed by atoms with Crippen LogP contribution in [0.2, 0.25) is 0 Å². The second-order valence-corrected chi connectivity index (χ2v) is 9.19. The molecule has 148 valence electrons. The van der Waals surface area contributed by atoms with E-state index in [4.69, 9.17) is 23.2 Å². The highest BCUT2D eigenvalue weighted by Crippen LogP contribution is 2.69. The van der Waals surface area contributed by atoms with Crippen molar-refractivity contribution in [2.45, 2.75) is 9.75 Å². The number of benzene rings is 3. The fraction of sp³-hybridized carbons (Fsp3) is 0.167. The average molecular weight is 436 g/mol. The summed E-state index contributed by atoms with van der Waals surface area (Å²) >= 11 is 14.7. The number of halogens is 2. The molecule has 3 aliphatic carbocycles. The monoisotopic (exact) mass is 435 g/mol. The first-order chi connectivity index (χ1) is 14.4. The lowest BCUT2D eigenvalue weighted by Crippen LogP contribution is -2.57. The molecule has 0 radical (unpaired) electrons. The number of rotatable bonds is 1. The quantitative estimate of drug-likeness (QED) is 0.452. The normalized spacial score (nSPS) is 30.8. The number of phenolic OH excluding ortho intramolecular Hbond substituents is 1. The van der Waals surface area contributed by atoms with Gasteiger partial charge in [-0.05, 0) is 34.4 Å². The van der Waals surface area contributed by atoms with Gasteiger partial charge in [-0.25, -0.2) is 4.90 Å². The molecule has 2 atom stereocenters. The lowest BCUT2D eigenvalue weighted by Gasteiger charge is -2.54. The van der Waals surface area contributed by atoms with Crippen LogP contribution in [-0.4, -0.2) is 16.9 Å². The van der Waals surface area contributed by atoms with Crippen molar-refractivity contribution in [3.05, 3.63) is 95.1 Å². The zero-order valence-corrected chi connectivity index (χ0v) is 17.1. The maximum atomic E-state index is 13.7.